The summed E-state index contributed by atoms with van der Waals surface area (Å²) in [5.41, 5.74) is 0.853. The maximum atomic E-state index is 13.0. The van der Waals surface area contributed by atoms with Gasteiger partial charge >= 0.3 is 12.0 Å². The first kappa shape index (κ1) is 19.1. The lowest BCUT2D eigenvalue weighted by atomic mass is 9.90. The molecule has 0 unspecified atom stereocenters. The van der Waals surface area contributed by atoms with E-state index in [1.807, 2.05) is 6.07 Å². The number of carbonyl (C=O) groups excluding carboxylic acids is 2. The second kappa shape index (κ2) is 7.94. The van der Waals surface area contributed by atoms with Gasteiger partial charge in [0.1, 0.15) is 0 Å². The average molecular weight is 374 g/mol. The number of pyridine rings is 1. The van der Waals surface area contributed by atoms with Gasteiger partial charge in [0.15, 0.2) is 0 Å². The van der Waals surface area contributed by atoms with Crippen molar-refractivity contribution in [2.24, 2.45) is 11.8 Å². The first-order valence-corrected chi connectivity index (χ1v) is 9.26. The molecule has 0 bridgehead atoms. The molecule has 1 N–H and O–H groups in total. The molecule has 146 valence electrons. The van der Waals surface area contributed by atoms with E-state index in [0.29, 0.717) is 32.5 Å². The van der Waals surface area contributed by atoms with Crippen LogP contribution in [0, 0.1) is 11.8 Å². The molecule has 8 heteroatoms. The third-order valence-corrected chi connectivity index (χ3v) is 5.56. The minimum absolute atomic E-state index is 0.00425. The van der Waals surface area contributed by atoms with Gasteiger partial charge in [-0.1, -0.05) is 6.07 Å². The second-order valence-electron chi connectivity index (χ2n) is 7.52. The Hall–Kier alpha value is -2.64. The molecule has 0 saturated carbocycles. The number of hydrogen-bond acceptors (Lipinski definition) is 4. The van der Waals surface area contributed by atoms with Crippen LogP contribution in [0.15, 0.2) is 24.5 Å². The SMILES string of the molecule is CN(C)C(=O)N1CCC(C(=O)N2C[C@@H](C(=O)O)[C@H](c3cccnc3)C2)CC1. The molecule has 2 fully saturated rings. The molecule has 1 aromatic rings. The topological polar surface area (TPSA) is 94.1 Å². The monoisotopic (exact) mass is 374 g/mol. The van der Waals surface area contributed by atoms with E-state index in [1.54, 1.807) is 47.3 Å². The Morgan fingerprint density at radius 1 is 1.15 bits per heavy atom. The summed E-state index contributed by atoms with van der Waals surface area (Å²) in [6.45, 7) is 1.73. The molecule has 3 rings (SSSR count). The lowest BCUT2D eigenvalue weighted by Crippen LogP contribution is -2.47. The summed E-state index contributed by atoms with van der Waals surface area (Å²) in [5.74, 6) is -1.89. The lowest BCUT2D eigenvalue weighted by Gasteiger charge is -2.34. The van der Waals surface area contributed by atoms with Crippen molar-refractivity contribution in [1.29, 1.82) is 0 Å². The standard InChI is InChI=1S/C19H26N4O4/c1-21(2)19(27)22-8-5-13(6-9-22)17(24)23-11-15(16(12-23)18(25)26)14-4-3-7-20-10-14/h3-4,7,10,13,15-16H,5-6,8-9,11-12H2,1-2H3,(H,25,26)/t15-,16+/m0/s1. The van der Waals surface area contributed by atoms with Crippen LogP contribution in [0.1, 0.15) is 24.3 Å². The van der Waals surface area contributed by atoms with Crippen molar-refractivity contribution in [2.45, 2.75) is 18.8 Å². The highest BCUT2D eigenvalue weighted by molar-refractivity contribution is 5.82. The second-order valence-corrected chi connectivity index (χ2v) is 7.52. The van der Waals surface area contributed by atoms with Crippen molar-refractivity contribution in [3.63, 3.8) is 0 Å². The van der Waals surface area contributed by atoms with Gasteiger partial charge in [-0.15, -0.1) is 0 Å². The highest BCUT2D eigenvalue weighted by Crippen LogP contribution is 2.34. The molecule has 27 heavy (non-hydrogen) atoms. The smallest absolute Gasteiger partial charge is 0.319 e. The predicted octanol–water partition coefficient (Wildman–Crippen LogP) is 1.10. The molecule has 0 aliphatic carbocycles. The van der Waals surface area contributed by atoms with Crippen LogP contribution in [0.3, 0.4) is 0 Å². The zero-order chi connectivity index (χ0) is 19.6. The zero-order valence-corrected chi connectivity index (χ0v) is 15.7. The minimum Gasteiger partial charge on any atom is -0.481 e. The Morgan fingerprint density at radius 3 is 2.41 bits per heavy atom. The number of aromatic nitrogens is 1. The number of amides is 3. The molecule has 3 heterocycles. The van der Waals surface area contributed by atoms with Crippen molar-refractivity contribution in [3.8, 4) is 0 Å². The zero-order valence-electron chi connectivity index (χ0n) is 15.7. The molecule has 8 nitrogen and oxygen atoms in total. The molecule has 0 radical (unpaired) electrons. The predicted molar refractivity (Wildman–Crippen MR) is 98.1 cm³/mol. The average Bonchev–Trinajstić information content (AvgIpc) is 3.13. The van der Waals surface area contributed by atoms with E-state index >= 15 is 0 Å². The Bertz CT molecular complexity index is 701. The number of carboxylic acid groups (broad SMARTS) is 1. The first-order valence-electron chi connectivity index (χ1n) is 9.26. The Labute approximate surface area is 158 Å². The fraction of sp³-hybridized carbons (Fsp3) is 0.579. The molecular formula is C19H26N4O4. The third kappa shape index (κ3) is 4.04. The maximum absolute atomic E-state index is 13.0. The molecule has 3 amide bonds. The van der Waals surface area contributed by atoms with Gasteiger partial charge in [0.05, 0.1) is 5.92 Å². The normalized spacial score (nSPS) is 23.3. The maximum Gasteiger partial charge on any atom is 0.319 e. The molecule has 2 aliphatic rings. The van der Waals surface area contributed by atoms with Gasteiger partial charge in [-0.25, -0.2) is 4.79 Å². The summed E-state index contributed by atoms with van der Waals surface area (Å²) in [6.07, 6.45) is 4.56. The number of likely N-dealkylation sites (tertiary alicyclic amines) is 2. The van der Waals surface area contributed by atoms with Gasteiger partial charge in [0.2, 0.25) is 5.91 Å². The molecule has 0 spiro atoms. The third-order valence-electron chi connectivity index (χ3n) is 5.56. The van der Waals surface area contributed by atoms with Crippen LogP contribution in [0.4, 0.5) is 4.79 Å². The number of rotatable bonds is 3. The van der Waals surface area contributed by atoms with Gasteiger partial charge in [-0.3, -0.25) is 14.6 Å². The Balaban J connectivity index is 1.64. The molecule has 0 aromatic carbocycles. The first-order chi connectivity index (χ1) is 12.9. The van der Waals surface area contributed by atoms with Gasteiger partial charge < -0.3 is 19.8 Å². The number of hydrogen-bond donors (Lipinski definition) is 1. The van der Waals surface area contributed by atoms with Crippen molar-refractivity contribution in [3.05, 3.63) is 30.1 Å². The quantitative estimate of drug-likeness (QED) is 0.855. The largest absolute Gasteiger partial charge is 0.481 e. The van der Waals surface area contributed by atoms with Crippen LogP contribution in [-0.2, 0) is 9.59 Å². The van der Waals surface area contributed by atoms with Crippen molar-refractivity contribution in [1.82, 2.24) is 19.7 Å². The van der Waals surface area contributed by atoms with Crippen LogP contribution in [0.5, 0.6) is 0 Å². The highest BCUT2D eigenvalue weighted by Gasteiger charge is 2.42. The van der Waals surface area contributed by atoms with Gasteiger partial charge in [-0.2, -0.15) is 0 Å². The number of urea groups is 1. The van der Waals surface area contributed by atoms with Crippen molar-refractivity contribution >= 4 is 17.9 Å². The molecule has 2 saturated heterocycles. The van der Waals surface area contributed by atoms with E-state index in [0.717, 1.165) is 5.56 Å². The summed E-state index contributed by atoms with van der Waals surface area (Å²) in [6, 6.07) is 3.62. The summed E-state index contributed by atoms with van der Waals surface area (Å²) < 4.78 is 0. The highest BCUT2D eigenvalue weighted by atomic mass is 16.4. The van der Waals surface area contributed by atoms with Crippen LogP contribution in [-0.4, -0.2) is 83.0 Å². The van der Waals surface area contributed by atoms with E-state index < -0.39 is 11.9 Å². The number of carbonyl (C=O) groups is 3. The van der Waals surface area contributed by atoms with E-state index in [2.05, 4.69) is 4.98 Å². The van der Waals surface area contributed by atoms with Crippen LogP contribution >= 0.6 is 0 Å². The minimum atomic E-state index is -0.884. The number of carboxylic acids is 1. The Morgan fingerprint density at radius 2 is 1.85 bits per heavy atom. The lowest BCUT2D eigenvalue weighted by molar-refractivity contribution is -0.142. The molecule has 2 aliphatic heterocycles. The number of piperidine rings is 1. The van der Waals surface area contributed by atoms with Gasteiger partial charge in [-0.05, 0) is 24.5 Å². The Kier molecular flexibility index (Phi) is 5.62. The van der Waals surface area contributed by atoms with Gasteiger partial charge in [0, 0.05) is 64.5 Å². The van der Waals surface area contributed by atoms with Gasteiger partial charge in [0.25, 0.3) is 0 Å². The summed E-state index contributed by atoms with van der Waals surface area (Å²) in [7, 11) is 3.43. The number of aliphatic carboxylic acids is 1. The molecular weight excluding hydrogens is 348 g/mol. The number of nitrogens with zero attached hydrogens (tertiary/aromatic N) is 4. The molecule has 1 aromatic heterocycles. The van der Waals surface area contributed by atoms with E-state index in [4.69, 9.17) is 0 Å². The van der Waals surface area contributed by atoms with Crippen molar-refractivity contribution < 1.29 is 19.5 Å². The van der Waals surface area contributed by atoms with E-state index in [1.165, 1.54) is 0 Å². The van der Waals surface area contributed by atoms with Crippen LogP contribution in [0.25, 0.3) is 0 Å². The van der Waals surface area contributed by atoms with Crippen LogP contribution < -0.4 is 0 Å². The van der Waals surface area contributed by atoms with Crippen molar-refractivity contribution in [2.75, 3.05) is 40.3 Å². The summed E-state index contributed by atoms with van der Waals surface area (Å²) in [5, 5.41) is 9.60. The van der Waals surface area contributed by atoms with E-state index in [-0.39, 0.29) is 30.3 Å². The van der Waals surface area contributed by atoms with E-state index in [9.17, 15) is 19.5 Å². The fourth-order valence-corrected chi connectivity index (χ4v) is 4.03. The summed E-state index contributed by atoms with van der Waals surface area (Å²) >= 11 is 0. The summed E-state index contributed by atoms with van der Waals surface area (Å²) in [4.78, 5) is 45.8. The van der Waals surface area contributed by atoms with Crippen LogP contribution in [0.2, 0.25) is 0 Å². The fourth-order valence-electron chi connectivity index (χ4n) is 4.03. The molecule has 2 atom stereocenters.